The van der Waals surface area contributed by atoms with Crippen LogP contribution in [0.25, 0.3) is 0 Å². The maximum atomic E-state index is 14.0. The highest BCUT2D eigenvalue weighted by atomic mass is 16.2. The van der Waals surface area contributed by atoms with Crippen LogP contribution in [-0.4, -0.2) is 48.3 Å². The Bertz CT molecular complexity index is 1000. The monoisotopic (exact) mass is 375 g/mol. The first-order valence-electron chi connectivity index (χ1n) is 9.86. The van der Waals surface area contributed by atoms with Crippen LogP contribution < -0.4 is 5.32 Å². The van der Waals surface area contributed by atoms with E-state index in [1.54, 1.807) is 0 Å². The van der Waals surface area contributed by atoms with Crippen molar-refractivity contribution < 1.29 is 9.59 Å². The van der Waals surface area contributed by atoms with Gasteiger partial charge in [-0.2, -0.15) is 0 Å². The Balaban J connectivity index is 1.72. The maximum Gasteiger partial charge on any atom is 0.244 e. The maximum absolute atomic E-state index is 14.0. The molecule has 1 spiro atoms. The zero-order chi connectivity index (χ0) is 19.7. The number of likely N-dealkylation sites (N-methyl/N-ethyl adjacent to an activating group) is 1. The van der Waals surface area contributed by atoms with Gasteiger partial charge in [0.25, 0.3) is 0 Å². The molecule has 2 aromatic carbocycles. The second-order valence-corrected chi connectivity index (χ2v) is 8.81. The number of benzene rings is 2. The van der Waals surface area contributed by atoms with Crippen molar-refractivity contribution in [3.63, 3.8) is 0 Å². The molecule has 28 heavy (non-hydrogen) atoms. The van der Waals surface area contributed by atoms with Gasteiger partial charge in [-0.1, -0.05) is 42.5 Å². The second-order valence-electron chi connectivity index (χ2n) is 8.81. The van der Waals surface area contributed by atoms with Crippen LogP contribution in [0.15, 0.2) is 48.5 Å². The Morgan fingerprint density at radius 2 is 1.75 bits per heavy atom. The molecule has 3 aliphatic heterocycles. The van der Waals surface area contributed by atoms with E-state index in [4.69, 9.17) is 0 Å². The molecule has 2 amide bonds. The zero-order valence-corrected chi connectivity index (χ0v) is 16.5. The van der Waals surface area contributed by atoms with E-state index in [1.165, 1.54) is 11.1 Å². The molecule has 0 unspecified atom stereocenters. The molecule has 5 nitrogen and oxygen atoms in total. The molecule has 3 aliphatic rings. The zero-order valence-electron chi connectivity index (χ0n) is 16.5. The summed E-state index contributed by atoms with van der Waals surface area (Å²) in [4.78, 5) is 31.4. The quantitative estimate of drug-likeness (QED) is 0.821. The number of nitrogens with zero attached hydrogens (tertiary/aromatic N) is 2. The van der Waals surface area contributed by atoms with Crippen molar-refractivity contribution in [2.24, 2.45) is 0 Å². The predicted molar refractivity (Wildman–Crippen MR) is 108 cm³/mol. The lowest BCUT2D eigenvalue weighted by molar-refractivity contribution is -0.141. The Morgan fingerprint density at radius 3 is 2.50 bits per heavy atom. The molecular weight excluding hydrogens is 350 g/mol. The van der Waals surface area contributed by atoms with Crippen LogP contribution in [-0.2, 0) is 27.0 Å². The van der Waals surface area contributed by atoms with Gasteiger partial charge in [-0.3, -0.25) is 9.59 Å². The SMILES string of the molecule is CN(C)C[C@@H]1Cc2ccccc2[C@@]2(C)C[C@]3(C(=O)Nc4ccccc43)C(=O)N12. The number of nitrogens with one attached hydrogen (secondary N) is 1. The van der Waals surface area contributed by atoms with Crippen LogP contribution in [0.2, 0.25) is 0 Å². The minimum absolute atomic E-state index is 0.0438. The molecule has 1 saturated heterocycles. The molecule has 1 N–H and O–H groups in total. The molecule has 0 aliphatic carbocycles. The fourth-order valence-corrected chi connectivity index (χ4v) is 5.74. The average molecular weight is 375 g/mol. The molecule has 3 heterocycles. The van der Waals surface area contributed by atoms with Crippen molar-refractivity contribution in [3.05, 3.63) is 65.2 Å². The topological polar surface area (TPSA) is 52.7 Å². The first-order chi connectivity index (χ1) is 13.4. The smallest absolute Gasteiger partial charge is 0.244 e. The van der Waals surface area contributed by atoms with Gasteiger partial charge in [0.1, 0.15) is 0 Å². The summed E-state index contributed by atoms with van der Waals surface area (Å²) < 4.78 is 0. The van der Waals surface area contributed by atoms with E-state index in [0.717, 1.165) is 24.2 Å². The fourth-order valence-electron chi connectivity index (χ4n) is 5.74. The van der Waals surface area contributed by atoms with E-state index in [1.807, 2.05) is 49.3 Å². The Hall–Kier alpha value is -2.66. The van der Waals surface area contributed by atoms with Crippen molar-refractivity contribution in [3.8, 4) is 0 Å². The summed E-state index contributed by atoms with van der Waals surface area (Å²) in [7, 11) is 4.07. The van der Waals surface area contributed by atoms with Crippen LogP contribution >= 0.6 is 0 Å². The van der Waals surface area contributed by atoms with E-state index < -0.39 is 11.0 Å². The van der Waals surface area contributed by atoms with Crippen molar-refractivity contribution in [2.45, 2.75) is 36.8 Å². The number of hydrogen-bond donors (Lipinski definition) is 1. The van der Waals surface area contributed by atoms with Crippen LogP contribution in [0, 0.1) is 0 Å². The molecule has 0 radical (unpaired) electrons. The minimum atomic E-state index is -1.13. The Morgan fingerprint density at radius 1 is 1.07 bits per heavy atom. The van der Waals surface area contributed by atoms with Crippen molar-refractivity contribution >= 4 is 17.5 Å². The third kappa shape index (κ3) is 2.05. The predicted octanol–water partition coefficient (Wildman–Crippen LogP) is 2.51. The summed E-state index contributed by atoms with van der Waals surface area (Å²) in [6.45, 7) is 2.91. The molecular formula is C23H25N3O2. The lowest BCUT2D eigenvalue weighted by Crippen LogP contribution is -2.56. The van der Waals surface area contributed by atoms with E-state index in [9.17, 15) is 9.59 Å². The number of amides is 2. The van der Waals surface area contributed by atoms with Gasteiger partial charge in [-0.05, 0) is 44.6 Å². The summed E-state index contributed by atoms with van der Waals surface area (Å²) in [5, 5.41) is 2.97. The third-order valence-electron chi connectivity index (χ3n) is 6.74. The van der Waals surface area contributed by atoms with Crippen LogP contribution in [0.5, 0.6) is 0 Å². The first kappa shape index (κ1) is 17.4. The van der Waals surface area contributed by atoms with Gasteiger partial charge >= 0.3 is 0 Å². The highest BCUT2D eigenvalue weighted by Crippen LogP contribution is 2.57. The molecule has 5 heteroatoms. The second kappa shape index (κ2) is 5.67. The largest absolute Gasteiger partial charge is 0.327 e. The lowest BCUT2D eigenvalue weighted by atomic mass is 9.72. The molecule has 0 bridgehead atoms. The summed E-state index contributed by atoms with van der Waals surface area (Å²) in [5.74, 6) is -0.241. The highest BCUT2D eigenvalue weighted by molar-refractivity contribution is 6.22. The lowest BCUT2D eigenvalue weighted by Gasteiger charge is -2.47. The van der Waals surface area contributed by atoms with E-state index in [2.05, 4.69) is 35.3 Å². The number of fused-ring (bicyclic) bond motifs is 5. The van der Waals surface area contributed by atoms with E-state index in [-0.39, 0.29) is 17.9 Å². The molecule has 5 rings (SSSR count). The van der Waals surface area contributed by atoms with Gasteiger partial charge in [0.2, 0.25) is 11.8 Å². The highest BCUT2D eigenvalue weighted by Gasteiger charge is 2.67. The first-order valence-corrected chi connectivity index (χ1v) is 9.86. The van der Waals surface area contributed by atoms with Crippen molar-refractivity contribution in [1.82, 2.24) is 9.80 Å². The molecule has 3 atom stereocenters. The average Bonchev–Trinajstić information content (AvgIpc) is 3.07. The molecule has 0 aromatic heterocycles. The van der Waals surface area contributed by atoms with Gasteiger partial charge in [0.15, 0.2) is 5.41 Å². The summed E-state index contributed by atoms with van der Waals surface area (Å²) >= 11 is 0. The standard InChI is InChI=1S/C23H25N3O2/c1-22-14-23(18-10-6-7-11-19(18)24-20(23)27)21(28)26(22)16(13-25(2)3)12-15-8-4-5-9-17(15)22/h4-11,16H,12-14H2,1-3H3,(H,24,27)/t16-,22+,23-/m0/s1. The number of anilines is 1. The third-order valence-corrected chi connectivity index (χ3v) is 6.74. The molecule has 1 fully saturated rings. The molecule has 2 aromatic rings. The fraction of sp³-hybridized carbons (Fsp3) is 0.391. The number of carbonyl (C=O) groups is 2. The minimum Gasteiger partial charge on any atom is -0.327 e. The van der Waals surface area contributed by atoms with Crippen molar-refractivity contribution in [2.75, 3.05) is 26.0 Å². The van der Waals surface area contributed by atoms with E-state index in [0.29, 0.717) is 6.42 Å². The number of hydrogen-bond acceptors (Lipinski definition) is 3. The van der Waals surface area contributed by atoms with Crippen molar-refractivity contribution in [1.29, 1.82) is 0 Å². The molecule has 144 valence electrons. The van der Waals surface area contributed by atoms with Crippen LogP contribution in [0.3, 0.4) is 0 Å². The summed E-state index contributed by atoms with van der Waals surface area (Å²) in [6.07, 6.45) is 1.29. The van der Waals surface area contributed by atoms with Crippen LogP contribution in [0.1, 0.15) is 30.0 Å². The molecule has 0 saturated carbocycles. The number of carbonyl (C=O) groups excluding carboxylic acids is 2. The normalized spacial score (nSPS) is 30.4. The number of rotatable bonds is 2. The number of para-hydroxylation sites is 1. The Labute approximate surface area is 165 Å². The van der Waals surface area contributed by atoms with Gasteiger partial charge in [0, 0.05) is 30.3 Å². The summed E-state index contributed by atoms with van der Waals surface area (Å²) in [5.41, 5.74) is 2.41. The van der Waals surface area contributed by atoms with Gasteiger partial charge in [-0.15, -0.1) is 0 Å². The van der Waals surface area contributed by atoms with E-state index >= 15 is 0 Å². The van der Waals surface area contributed by atoms with Gasteiger partial charge in [-0.25, -0.2) is 0 Å². The van der Waals surface area contributed by atoms with Crippen LogP contribution in [0.4, 0.5) is 5.69 Å². The Kier molecular flexibility index (Phi) is 3.53. The van der Waals surface area contributed by atoms with Gasteiger partial charge in [0.05, 0.1) is 5.54 Å². The summed E-state index contributed by atoms with van der Waals surface area (Å²) in [6, 6.07) is 16.1. The van der Waals surface area contributed by atoms with Gasteiger partial charge < -0.3 is 15.1 Å².